The number of fused-ring (bicyclic) bond motifs is 5. The minimum absolute atomic E-state index is 0.0410. The van der Waals surface area contributed by atoms with Crippen LogP contribution in [-0.4, -0.2) is 174 Å². The van der Waals surface area contributed by atoms with E-state index in [0.29, 0.717) is 11.1 Å². The molecular formula is C61H75N5O21. The van der Waals surface area contributed by atoms with Crippen molar-refractivity contribution in [3.8, 4) is 0 Å². The molecule has 0 radical (unpaired) electrons. The molecule has 4 aliphatic rings. The maximum Gasteiger partial charge on any atom is 0.509 e. The first-order valence-electron chi connectivity index (χ1n) is 28.2. The van der Waals surface area contributed by atoms with Gasteiger partial charge < -0.3 is 80.2 Å². The molecule has 5 amide bonds. The summed E-state index contributed by atoms with van der Waals surface area (Å²) in [5, 5.41) is 47.9. The van der Waals surface area contributed by atoms with Crippen LogP contribution in [0.5, 0.6) is 0 Å². The minimum atomic E-state index is -2.42. The molecule has 470 valence electrons. The molecule has 0 aromatic heterocycles. The van der Waals surface area contributed by atoms with E-state index < -0.39 is 162 Å². The van der Waals surface area contributed by atoms with Crippen molar-refractivity contribution in [2.75, 3.05) is 38.9 Å². The van der Waals surface area contributed by atoms with Crippen molar-refractivity contribution in [2.24, 2.45) is 22.5 Å². The van der Waals surface area contributed by atoms with E-state index in [0.717, 1.165) is 6.92 Å². The van der Waals surface area contributed by atoms with Crippen molar-refractivity contribution in [2.45, 2.75) is 147 Å². The number of ketones is 1. The van der Waals surface area contributed by atoms with E-state index in [1.54, 1.807) is 48.5 Å². The van der Waals surface area contributed by atoms with Gasteiger partial charge in [-0.2, -0.15) is 0 Å². The third-order valence-corrected chi connectivity index (χ3v) is 16.7. The van der Waals surface area contributed by atoms with Crippen LogP contribution in [0.15, 0.2) is 96.1 Å². The molecule has 26 heteroatoms. The monoisotopic (exact) mass is 1210 g/mol. The van der Waals surface area contributed by atoms with Crippen molar-refractivity contribution in [3.05, 3.63) is 113 Å². The second kappa shape index (κ2) is 27.7. The van der Waals surface area contributed by atoms with Gasteiger partial charge in [-0.15, -0.1) is 0 Å². The maximum atomic E-state index is 15.2. The van der Waals surface area contributed by atoms with Crippen LogP contribution in [0.4, 0.5) is 10.5 Å². The number of hydrogen-bond acceptors (Lipinski definition) is 21. The molecule has 3 fully saturated rings. The predicted octanol–water partition coefficient (Wildman–Crippen LogP) is 1.57. The number of amides is 5. The van der Waals surface area contributed by atoms with Gasteiger partial charge in [0.15, 0.2) is 11.4 Å². The number of methoxy groups -OCH3 is 1. The number of carbonyl (C=O) groups is 10. The average molecular weight is 1210 g/mol. The topological polar surface area (TPSA) is 379 Å². The van der Waals surface area contributed by atoms with Gasteiger partial charge in [0.1, 0.15) is 61.4 Å². The highest BCUT2D eigenvalue weighted by Crippen LogP contribution is 2.64. The van der Waals surface area contributed by atoms with Crippen molar-refractivity contribution in [1.82, 2.24) is 16.0 Å². The van der Waals surface area contributed by atoms with Crippen LogP contribution in [0, 0.1) is 16.7 Å². The lowest BCUT2D eigenvalue weighted by Gasteiger charge is -2.67. The van der Waals surface area contributed by atoms with Crippen molar-refractivity contribution < 1.29 is 101 Å². The molecule has 1 saturated heterocycles. The van der Waals surface area contributed by atoms with Crippen LogP contribution < -0.4 is 27.0 Å². The van der Waals surface area contributed by atoms with Crippen molar-refractivity contribution in [3.63, 3.8) is 0 Å². The van der Waals surface area contributed by atoms with Gasteiger partial charge >= 0.3 is 24.1 Å². The second-order valence-electron chi connectivity index (χ2n) is 22.9. The Labute approximate surface area is 501 Å². The Kier molecular flexibility index (Phi) is 21.1. The first-order chi connectivity index (χ1) is 41.1. The molecule has 26 nitrogen and oxygen atoms in total. The number of aliphatic hydroxyl groups is 3. The predicted molar refractivity (Wildman–Crippen MR) is 303 cm³/mol. The van der Waals surface area contributed by atoms with Gasteiger partial charge in [0.2, 0.25) is 35.6 Å². The van der Waals surface area contributed by atoms with Crippen LogP contribution in [0.3, 0.4) is 0 Å². The molecule has 1 heterocycles. The molecule has 9 N–H and O–H groups in total. The van der Waals surface area contributed by atoms with E-state index in [1.807, 2.05) is 0 Å². The fraction of sp³-hybridized carbons (Fsp3) is 0.508. The fourth-order valence-electron chi connectivity index (χ4n) is 12.0. The number of primary amides is 1. The number of rotatable bonds is 24. The van der Waals surface area contributed by atoms with E-state index in [4.69, 9.17) is 43.6 Å². The average Bonchev–Trinajstić information content (AvgIpc) is 0.676. The van der Waals surface area contributed by atoms with Crippen LogP contribution in [0.1, 0.15) is 89.2 Å². The Bertz CT molecular complexity index is 3110. The summed E-state index contributed by atoms with van der Waals surface area (Å²) in [6, 6.07) is 18.1. The summed E-state index contributed by atoms with van der Waals surface area (Å²) in [4.78, 5) is 134. The third kappa shape index (κ3) is 14.5. The first-order valence-corrected chi connectivity index (χ1v) is 28.2. The Hall–Kier alpha value is -8.14. The number of benzene rings is 3. The summed E-state index contributed by atoms with van der Waals surface area (Å²) >= 11 is 0. The lowest BCUT2D eigenvalue weighted by atomic mass is 9.44. The lowest BCUT2D eigenvalue weighted by molar-refractivity contribution is -0.346. The largest absolute Gasteiger partial charge is 0.509 e. The summed E-state index contributed by atoms with van der Waals surface area (Å²) in [5.74, 6) is -9.43. The highest BCUT2D eigenvalue weighted by atomic mass is 16.7. The van der Waals surface area contributed by atoms with E-state index >= 15 is 4.79 Å². The van der Waals surface area contributed by atoms with Gasteiger partial charge in [-0.05, 0) is 74.2 Å². The Morgan fingerprint density at radius 2 is 1.44 bits per heavy atom. The zero-order chi connectivity index (χ0) is 63.8. The molecule has 2 unspecified atom stereocenters. The number of carbonyl (C=O) groups excluding carboxylic acids is 10. The summed E-state index contributed by atoms with van der Waals surface area (Å²) in [5.41, 5.74) is -1.50. The number of nitrogens with two attached hydrogens (primary N) is 1. The van der Waals surface area contributed by atoms with Crippen molar-refractivity contribution in [1.29, 1.82) is 0 Å². The number of nitrogens with one attached hydrogen (secondary N) is 4. The minimum Gasteiger partial charge on any atom is -0.455 e. The molecule has 0 spiro atoms. The van der Waals surface area contributed by atoms with Gasteiger partial charge in [0.25, 0.3) is 0 Å². The molecule has 7 rings (SSSR count). The second-order valence-corrected chi connectivity index (χ2v) is 22.9. The Morgan fingerprint density at radius 1 is 0.805 bits per heavy atom. The van der Waals surface area contributed by atoms with E-state index in [1.165, 1.54) is 85.1 Å². The standard InChI is InChI=1S/C61H75N5O21/c1-32-42(28-61(79)51(86-55(76)38-17-13-10-14-18-38)49-59(7,50(72)48(71)47(32)58(61,5)6)43(68)27-44-60(49,31-83-44)87-35(4)67)84-56(77)41(25-36-15-11-9-12-16-36)85-57(78)82-29-37-19-21-39(22-20-37)65-54(75)40(26-45(62)69)66-53(74)34(3)64-52(73)33(2)63-46(70)30-81-24-23-80-8/h9-22,33-34,40-44,48-49,51,68,71,79H,23-31H2,1-8H3,(H2,62,69)(H,63,70)(H,64,73)(H,65,75)(H,66,74)/t33-,34-,40-,41-,42+,43+,44?,48-,49?,51+,59-,60+,61-/m1/s1. The summed E-state index contributed by atoms with van der Waals surface area (Å²) in [6.07, 6.45) is -12.9. The van der Waals surface area contributed by atoms with Crippen LogP contribution in [0.2, 0.25) is 0 Å². The lowest BCUT2D eigenvalue weighted by Crippen LogP contribution is -2.81. The number of aliphatic hydroxyl groups excluding tert-OH is 2. The number of esters is 3. The fourth-order valence-corrected chi connectivity index (χ4v) is 12.0. The zero-order valence-corrected chi connectivity index (χ0v) is 49.5. The zero-order valence-electron chi connectivity index (χ0n) is 49.5. The molecule has 1 aliphatic heterocycles. The third-order valence-electron chi connectivity index (χ3n) is 16.7. The normalized spacial score (nSPS) is 26.5. The Balaban J connectivity index is 1.06. The van der Waals surface area contributed by atoms with Gasteiger partial charge in [-0.1, -0.05) is 74.5 Å². The highest BCUT2D eigenvalue weighted by Gasteiger charge is 2.78. The number of Topliss-reactive ketones (excluding diaryl/α,β-unsaturated/α-hetero) is 1. The number of anilines is 1. The molecule has 87 heavy (non-hydrogen) atoms. The SMILES string of the molecule is COCCOCC(=O)N[C@H](C)C(=O)N[C@H](C)C(=O)N[C@H](CC(N)=O)C(=O)Nc1ccc(COC(=O)O[C@H](Cc2ccccc2)C(=O)O[C@H]2C[C@@]3(O)[C@@H](OC(=O)c4ccccc4)C4[C@]5(OC(C)=O)COC5C[C@H](O)[C@@]4(C)C(=O)[C@H](O)C(=C2C)C3(C)C)cc1. The molecule has 2 bridgehead atoms. The highest BCUT2D eigenvalue weighted by molar-refractivity contribution is 6.01. The Morgan fingerprint density at radius 3 is 2.05 bits per heavy atom. The maximum absolute atomic E-state index is 15.2. The van der Waals surface area contributed by atoms with Gasteiger partial charge in [-0.3, -0.25) is 33.6 Å². The molecular weight excluding hydrogens is 1140 g/mol. The summed E-state index contributed by atoms with van der Waals surface area (Å²) in [7, 11) is 1.47. The number of ether oxygens (including phenoxy) is 8. The molecule has 3 aromatic carbocycles. The summed E-state index contributed by atoms with van der Waals surface area (Å²) in [6.45, 7) is 9.04. The van der Waals surface area contributed by atoms with Crippen LogP contribution >= 0.6 is 0 Å². The van der Waals surface area contributed by atoms with Gasteiger partial charge in [0, 0.05) is 44.4 Å². The van der Waals surface area contributed by atoms with Crippen LogP contribution in [0.25, 0.3) is 0 Å². The molecule has 13 atom stereocenters. The first kappa shape index (κ1) is 66.4. The van der Waals surface area contributed by atoms with E-state index in [9.17, 15) is 58.5 Å². The molecule has 2 saturated carbocycles. The van der Waals surface area contributed by atoms with E-state index in [2.05, 4.69) is 21.3 Å². The van der Waals surface area contributed by atoms with Gasteiger partial charge in [0.05, 0.1) is 49.2 Å². The smallest absolute Gasteiger partial charge is 0.455 e. The quantitative estimate of drug-likeness (QED) is 0.0273. The van der Waals surface area contributed by atoms with Crippen LogP contribution in [-0.2, 0) is 89.3 Å². The molecule has 3 aliphatic carbocycles. The number of hydrogen-bond donors (Lipinski definition) is 8. The van der Waals surface area contributed by atoms with Gasteiger partial charge in [-0.25, -0.2) is 14.4 Å². The van der Waals surface area contributed by atoms with Crippen molar-refractivity contribution >= 4 is 65.1 Å². The van der Waals surface area contributed by atoms with E-state index in [-0.39, 0.29) is 61.7 Å². The summed E-state index contributed by atoms with van der Waals surface area (Å²) < 4.78 is 45.6. The molecule has 3 aromatic rings.